The van der Waals surface area contributed by atoms with Gasteiger partial charge in [-0.2, -0.15) is 4.31 Å². The summed E-state index contributed by atoms with van der Waals surface area (Å²) in [6.45, 7) is 2.95. The number of hydrogen-bond donors (Lipinski definition) is 1. The van der Waals surface area contributed by atoms with E-state index in [0.29, 0.717) is 24.4 Å². The molecule has 0 aromatic heterocycles. The maximum Gasteiger partial charge on any atom is 0.211 e. The van der Waals surface area contributed by atoms with Crippen LogP contribution in [0.1, 0.15) is 31.4 Å². The van der Waals surface area contributed by atoms with Crippen LogP contribution in [0.25, 0.3) is 0 Å². The van der Waals surface area contributed by atoms with E-state index in [1.165, 1.54) is 23.7 Å². The van der Waals surface area contributed by atoms with Crippen LogP contribution in [0.4, 0.5) is 4.39 Å². The van der Waals surface area contributed by atoms with E-state index >= 15 is 0 Å². The molecule has 22 heavy (non-hydrogen) atoms. The lowest BCUT2D eigenvalue weighted by Crippen LogP contribution is -2.41. The molecule has 0 amide bonds. The monoisotopic (exact) mass is 330 g/mol. The van der Waals surface area contributed by atoms with Crippen molar-refractivity contribution in [3.63, 3.8) is 0 Å². The fraction of sp³-hybridized carbons (Fsp3) is 0.600. The number of halogens is 1. The van der Waals surface area contributed by atoms with Crippen LogP contribution < -0.4 is 10.1 Å². The Hall–Kier alpha value is -1.18. The molecule has 0 aliphatic carbocycles. The van der Waals surface area contributed by atoms with Gasteiger partial charge in [0, 0.05) is 36.8 Å². The predicted octanol–water partition coefficient (Wildman–Crippen LogP) is 1.91. The van der Waals surface area contributed by atoms with Crippen molar-refractivity contribution in [3.8, 4) is 5.75 Å². The second-order valence-electron chi connectivity index (χ2n) is 5.69. The molecule has 0 saturated carbocycles. The van der Waals surface area contributed by atoms with Gasteiger partial charge >= 0.3 is 0 Å². The van der Waals surface area contributed by atoms with Crippen LogP contribution in [0.2, 0.25) is 0 Å². The highest BCUT2D eigenvalue weighted by molar-refractivity contribution is 7.88. The highest BCUT2D eigenvalue weighted by Crippen LogP contribution is 2.23. The van der Waals surface area contributed by atoms with Crippen LogP contribution >= 0.6 is 0 Å². The summed E-state index contributed by atoms with van der Waals surface area (Å²) in [5, 5.41) is 3.23. The Labute approximate surface area is 131 Å². The summed E-state index contributed by atoms with van der Waals surface area (Å²) in [5.74, 6) is 0.151. The van der Waals surface area contributed by atoms with Gasteiger partial charge in [0.1, 0.15) is 11.6 Å². The lowest BCUT2D eigenvalue weighted by atomic mass is 10.1. The summed E-state index contributed by atoms with van der Waals surface area (Å²) in [6.07, 6.45) is 2.93. The third-order valence-electron chi connectivity index (χ3n) is 4.08. The molecule has 1 fully saturated rings. The number of hydrogen-bond acceptors (Lipinski definition) is 4. The molecule has 2 rings (SSSR count). The molecule has 2 atom stereocenters. The second kappa shape index (κ2) is 6.93. The van der Waals surface area contributed by atoms with E-state index in [2.05, 4.69) is 5.32 Å². The lowest BCUT2D eigenvalue weighted by molar-refractivity contribution is 0.360. The number of benzene rings is 1. The number of nitrogens with zero attached hydrogens (tertiary/aromatic N) is 1. The quantitative estimate of drug-likeness (QED) is 0.866. The van der Waals surface area contributed by atoms with Gasteiger partial charge in [-0.15, -0.1) is 0 Å². The zero-order valence-corrected chi connectivity index (χ0v) is 14.0. The fourth-order valence-corrected chi connectivity index (χ4v) is 4.04. The van der Waals surface area contributed by atoms with Crippen molar-refractivity contribution in [2.24, 2.45) is 0 Å². The Kier molecular flexibility index (Phi) is 5.41. The molecule has 1 aromatic carbocycles. The third kappa shape index (κ3) is 3.97. The van der Waals surface area contributed by atoms with Gasteiger partial charge in [-0.1, -0.05) is 6.07 Å². The second-order valence-corrected chi connectivity index (χ2v) is 7.62. The van der Waals surface area contributed by atoms with Crippen molar-refractivity contribution in [2.75, 3.05) is 26.5 Å². The van der Waals surface area contributed by atoms with E-state index in [4.69, 9.17) is 4.74 Å². The van der Waals surface area contributed by atoms with Gasteiger partial charge in [0.2, 0.25) is 10.0 Å². The summed E-state index contributed by atoms with van der Waals surface area (Å²) in [7, 11) is -1.68. The molecular weight excluding hydrogens is 307 g/mol. The average Bonchev–Trinajstić information content (AvgIpc) is 2.93. The molecule has 1 heterocycles. The Morgan fingerprint density at radius 3 is 2.82 bits per heavy atom. The van der Waals surface area contributed by atoms with E-state index in [-0.39, 0.29) is 17.9 Å². The number of rotatable bonds is 6. The molecule has 124 valence electrons. The zero-order valence-electron chi connectivity index (χ0n) is 13.2. The maximum absolute atomic E-state index is 14.0. The van der Waals surface area contributed by atoms with E-state index < -0.39 is 10.0 Å². The molecule has 0 spiro atoms. The van der Waals surface area contributed by atoms with Crippen LogP contribution in [0, 0.1) is 5.82 Å². The van der Waals surface area contributed by atoms with Crippen molar-refractivity contribution in [3.05, 3.63) is 29.6 Å². The molecule has 1 aliphatic rings. The zero-order chi connectivity index (χ0) is 16.3. The maximum atomic E-state index is 14.0. The van der Waals surface area contributed by atoms with Crippen LogP contribution in [-0.2, 0) is 10.0 Å². The molecule has 0 radical (unpaired) electrons. The number of sulfonamides is 1. The average molecular weight is 330 g/mol. The van der Waals surface area contributed by atoms with Crippen molar-refractivity contribution < 1.29 is 17.5 Å². The molecule has 1 aromatic rings. The molecule has 0 unspecified atom stereocenters. The summed E-state index contributed by atoms with van der Waals surface area (Å²) in [6, 6.07) is 4.50. The number of nitrogens with one attached hydrogen (secondary N) is 1. The first kappa shape index (κ1) is 17.2. The highest BCUT2D eigenvalue weighted by Gasteiger charge is 2.31. The Bertz CT molecular complexity index is 621. The van der Waals surface area contributed by atoms with Crippen LogP contribution in [0.15, 0.2) is 18.2 Å². The SMILES string of the molecule is COc1ccc([C@H](C)NC[C@H]2CCCN2S(C)(=O)=O)c(F)c1. The fourth-order valence-electron chi connectivity index (χ4n) is 2.86. The first-order chi connectivity index (χ1) is 10.3. The molecule has 1 saturated heterocycles. The number of methoxy groups -OCH3 is 1. The smallest absolute Gasteiger partial charge is 0.211 e. The van der Waals surface area contributed by atoms with Crippen molar-refractivity contribution in [2.45, 2.75) is 31.8 Å². The van der Waals surface area contributed by atoms with Gasteiger partial charge in [-0.05, 0) is 25.8 Å². The third-order valence-corrected chi connectivity index (χ3v) is 5.42. The minimum Gasteiger partial charge on any atom is -0.497 e. The molecular formula is C15H23FN2O3S. The Balaban J connectivity index is 1.99. The van der Waals surface area contributed by atoms with Crippen LogP contribution in [0.5, 0.6) is 5.75 Å². The summed E-state index contributed by atoms with van der Waals surface area (Å²) >= 11 is 0. The van der Waals surface area contributed by atoms with E-state index in [1.807, 2.05) is 6.92 Å². The highest BCUT2D eigenvalue weighted by atomic mass is 32.2. The number of ether oxygens (including phenoxy) is 1. The topological polar surface area (TPSA) is 58.6 Å². The summed E-state index contributed by atoms with van der Waals surface area (Å²) < 4.78 is 44.0. The minimum absolute atomic E-state index is 0.0567. The van der Waals surface area contributed by atoms with Crippen LogP contribution in [0.3, 0.4) is 0 Å². The summed E-state index contributed by atoms with van der Waals surface area (Å²) in [4.78, 5) is 0. The summed E-state index contributed by atoms with van der Waals surface area (Å²) in [5.41, 5.74) is 0.546. The normalized spacial score (nSPS) is 21.0. The van der Waals surface area contributed by atoms with Crippen LogP contribution in [-0.4, -0.2) is 45.2 Å². The largest absolute Gasteiger partial charge is 0.497 e. The van der Waals surface area contributed by atoms with E-state index in [0.717, 1.165) is 12.8 Å². The Morgan fingerprint density at radius 2 is 2.23 bits per heavy atom. The predicted molar refractivity (Wildman–Crippen MR) is 83.9 cm³/mol. The molecule has 0 bridgehead atoms. The lowest BCUT2D eigenvalue weighted by Gasteiger charge is -2.24. The first-order valence-corrected chi connectivity index (χ1v) is 9.21. The first-order valence-electron chi connectivity index (χ1n) is 7.36. The minimum atomic E-state index is -3.18. The van der Waals surface area contributed by atoms with Crippen molar-refractivity contribution in [1.29, 1.82) is 0 Å². The van der Waals surface area contributed by atoms with Gasteiger partial charge in [0.15, 0.2) is 0 Å². The standard InChI is InChI=1S/C15H23FN2O3S/c1-11(14-7-6-13(21-2)9-15(14)16)17-10-12-5-4-8-18(12)22(3,19)20/h6-7,9,11-12,17H,4-5,8,10H2,1-3H3/t11-,12+/m0/s1. The Morgan fingerprint density at radius 1 is 1.50 bits per heavy atom. The molecule has 1 aliphatic heterocycles. The van der Waals surface area contributed by atoms with Gasteiger partial charge in [0.05, 0.1) is 13.4 Å². The van der Waals surface area contributed by atoms with E-state index in [9.17, 15) is 12.8 Å². The molecule has 7 heteroatoms. The van der Waals surface area contributed by atoms with Gasteiger partial charge in [0.25, 0.3) is 0 Å². The van der Waals surface area contributed by atoms with Gasteiger partial charge in [-0.25, -0.2) is 12.8 Å². The van der Waals surface area contributed by atoms with Crippen molar-refractivity contribution >= 4 is 10.0 Å². The van der Waals surface area contributed by atoms with E-state index in [1.54, 1.807) is 12.1 Å². The molecule has 5 nitrogen and oxygen atoms in total. The molecule has 1 N–H and O–H groups in total. The van der Waals surface area contributed by atoms with Gasteiger partial charge in [-0.3, -0.25) is 0 Å². The van der Waals surface area contributed by atoms with Crippen molar-refractivity contribution in [1.82, 2.24) is 9.62 Å². The van der Waals surface area contributed by atoms with Gasteiger partial charge < -0.3 is 10.1 Å².